The Morgan fingerprint density at radius 1 is 0.500 bits per heavy atom. The Morgan fingerprint density at radius 3 is 0.940 bits per heavy atom. The zero-order valence-corrected chi connectivity index (χ0v) is 34.8. The van der Waals surface area contributed by atoms with Gasteiger partial charge in [0, 0.05) is 17.9 Å². The number of rotatable bonds is 33. The van der Waals surface area contributed by atoms with Crippen molar-refractivity contribution in [3.05, 3.63) is 25.3 Å². The van der Waals surface area contributed by atoms with Crippen LogP contribution >= 0.6 is 0 Å². The van der Waals surface area contributed by atoms with Gasteiger partial charge in [-0.05, 0) is 44.4 Å². The largest absolute Gasteiger partial charge is 4.00 e. The number of ether oxygens (including phenoxy) is 2. The van der Waals surface area contributed by atoms with E-state index in [2.05, 4.69) is 33.9 Å². The van der Waals surface area contributed by atoms with Crippen molar-refractivity contribution in [3.63, 3.8) is 0 Å². The van der Waals surface area contributed by atoms with E-state index in [-0.39, 0.29) is 58.0 Å². The molecule has 0 amide bonds. The molecule has 0 heterocycles. The molecule has 0 radical (unpaired) electrons. The molecule has 0 saturated heterocycles. The Morgan fingerprint density at radius 2 is 0.740 bits per heavy atom. The van der Waals surface area contributed by atoms with Crippen molar-refractivity contribution < 1.29 is 70.5 Å². The van der Waals surface area contributed by atoms with Gasteiger partial charge in [-0.25, -0.2) is 0 Å². The summed E-state index contributed by atoms with van der Waals surface area (Å²) in [6.07, 6.45) is 28.3. The molecule has 10 heteroatoms. The number of hydrogen-bond donors (Lipinski definition) is 0. The fraction of sp³-hybridized carbons (Fsp3) is 0.825. The van der Waals surface area contributed by atoms with Crippen LogP contribution < -0.4 is 20.4 Å². The first kappa shape index (κ1) is 58.0. The van der Waals surface area contributed by atoms with Gasteiger partial charge in [-0.3, -0.25) is 0 Å². The third-order valence-corrected chi connectivity index (χ3v) is 7.37. The molecule has 292 valence electrons. The van der Waals surface area contributed by atoms with Crippen LogP contribution in [0.3, 0.4) is 0 Å². The minimum atomic E-state index is -0.913. The molecule has 0 saturated carbocycles. The van der Waals surface area contributed by atoms with Crippen molar-refractivity contribution >= 4 is 17.9 Å². The van der Waals surface area contributed by atoms with Gasteiger partial charge in [0.2, 0.25) is 0 Å². The second kappa shape index (κ2) is 54.4. The molecule has 0 aliphatic carbocycles. The summed E-state index contributed by atoms with van der Waals surface area (Å²) < 4.78 is 10.3. The fourth-order valence-electron chi connectivity index (χ4n) is 4.46. The van der Waals surface area contributed by atoms with Crippen molar-refractivity contribution in [2.75, 3.05) is 33.0 Å². The molecule has 0 aliphatic rings. The van der Waals surface area contributed by atoms with Gasteiger partial charge in [0.15, 0.2) is 0 Å². The van der Waals surface area contributed by atoms with Crippen LogP contribution in [0.15, 0.2) is 25.3 Å². The van der Waals surface area contributed by atoms with Gasteiger partial charge < -0.3 is 44.3 Å². The van der Waals surface area contributed by atoms with E-state index >= 15 is 0 Å². The SMILES string of the molecule is C=CCOCC(C[O-])COCC=C.CCCCCCCCCC(=O)[O-].CCCCCCCCCC(=O)[O-].CCCCCCCCCC(=O)[O-].[Zr+4]. The topological polar surface area (TPSA) is 162 Å². The molecule has 0 fully saturated rings. The minimum absolute atomic E-state index is 0. The average molecular weight is 790 g/mol. The molecular weight excluding hydrogens is 716 g/mol. The Hall–Kier alpha value is -1.35. The fourth-order valence-corrected chi connectivity index (χ4v) is 4.46. The molecule has 0 atom stereocenters. The number of unbranched alkanes of at least 4 members (excludes halogenated alkanes) is 18. The Labute approximate surface area is 326 Å². The van der Waals surface area contributed by atoms with Gasteiger partial charge >= 0.3 is 26.2 Å². The van der Waals surface area contributed by atoms with Crippen molar-refractivity contribution in [2.24, 2.45) is 5.92 Å². The maximum Gasteiger partial charge on any atom is 4.00 e. The van der Waals surface area contributed by atoms with Gasteiger partial charge in [0.05, 0.1) is 26.4 Å². The molecule has 0 aliphatic heterocycles. The monoisotopic (exact) mass is 788 g/mol. The van der Waals surface area contributed by atoms with Crippen LogP contribution in [0, 0.1) is 5.92 Å². The van der Waals surface area contributed by atoms with Crippen molar-refractivity contribution in [2.45, 2.75) is 175 Å². The molecule has 0 bridgehead atoms. The molecule has 0 aromatic carbocycles. The van der Waals surface area contributed by atoms with Crippen molar-refractivity contribution in [1.82, 2.24) is 0 Å². The quantitative estimate of drug-likeness (QED) is 0.0574. The summed E-state index contributed by atoms with van der Waals surface area (Å²) in [5.41, 5.74) is 0. The summed E-state index contributed by atoms with van der Waals surface area (Å²) in [7, 11) is 0. The number of carboxylic acid groups (broad SMARTS) is 3. The summed E-state index contributed by atoms with van der Waals surface area (Å²) in [5.74, 6) is -2.81. The normalized spacial score (nSPS) is 9.94. The first-order valence-electron chi connectivity index (χ1n) is 19.2. The van der Waals surface area contributed by atoms with Crippen molar-refractivity contribution in [3.8, 4) is 0 Å². The van der Waals surface area contributed by atoms with E-state index in [0.29, 0.717) is 26.4 Å². The van der Waals surface area contributed by atoms with Crippen molar-refractivity contribution in [1.29, 1.82) is 0 Å². The maximum atomic E-state index is 10.6. The Kier molecular flexibility index (Phi) is 63.1. The van der Waals surface area contributed by atoms with E-state index in [1.54, 1.807) is 12.2 Å². The Bertz CT molecular complexity index is 624. The van der Waals surface area contributed by atoms with Crippen LogP contribution in [0.2, 0.25) is 0 Å². The minimum Gasteiger partial charge on any atom is -0.854 e. The predicted molar refractivity (Wildman–Crippen MR) is 193 cm³/mol. The van der Waals surface area contributed by atoms with Crippen LogP contribution in [0.5, 0.6) is 0 Å². The number of hydrogen-bond acceptors (Lipinski definition) is 9. The summed E-state index contributed by atoms with van der Waals surface area (Å²) in [6, 6.07) is 0. The molecular formula is C40H74O9Zr. The van der Waals surface area contributed by atoms with E-state index in [4.69, 9.17) is 9.47 Å². The number of carboxylic acids is 3. The van der Waals surface area contributed by atoms with E-state index in [1.807, 2.05) is 0 Å². The van der Waals surface area contributed by atoms with Gasteiger partial charge in [-0.2, -0.15) is 0 Å². The number of carbonyl (C=O) groups excluding carboxylic acids is 3. The Balaban J connectivity index is -0.000000179. The summed E-state index contributed by atoms with van der Waals surface area (Å²) >= 11 is 0. The zero-order valence-electron chi connectivity index (χ0n) is 32.3. The first-order chi connectivity index (χ1) is 23.7. The molecule has 0 N–H and O–H groups in total. The van der Waals surface area contributed by atoms with Crippen LogP contribution in [0.1, 0.15) is 175 Å². The second-order valence-electron chi connectivity index (χ2n) is 12.4. The van der Waals surface area contributed by atoms with E-state index in [1.165, 1.54) is 96.3 Å². The van der Waals surface area contributed by atoms with Crippen LogP contribution in [0.25, 0.3) is 0 Å². The molecule has 0 rings (SSSR count). The van der Waals surface area contributed by atoms with E-state index in [9.17, 15) is 34.8 Å². The summed E-state index contributed by atoms with van der Waals surface area (Å²) in [4.78, 5) is 30.1. The average Bonchev–Trinajstić information content (AvgIpc) is 3.07. The molecule has 0 spiro atoms. The van der Waals surface area contributed by atoms with Gasteiger partial charge in [0.1, 0.15) is 0 Å². The summed E-state index contributed by atoms with van der Waals surface area (Å²) in [6.45, 7) is 15.3. The molecule has 50 heavy (non-hydrogen) atoms. The predicted octanol–water partition coefficient (Wildman–Crippen LogP) is 6.00. The first-order valence-corrected chi connectivity index (χ1v) is 19.2. The number of aliphatic carboxylic acids is 3. The van der Waals surface area contributed by atoms with Crippen LogP contribution in [-0.2, 0) is 50.1 Å². The van der Waals surface area contributed by atoms with E-state index in [0.717, 1.165) is 38.5 Å². The van der Waals surface area contributed by atoms with Gasteiger partial charge in [-0.15, -0.1) is 19.8 Å². The number of carbonyl (C=O) groups is 3. The van der Waals surface area contributed by atoms with Crippen LogP contribution in [-0.4, -0.2) is 50.9 Å². The second-order valence-corrected chi connectivity index (χ2v) is 12.4. The third kappa shape index (κ3) is 68.6. The van der Waals surface area contributed by atoms with E-state index < -0.39 is 17.9 Å². The maximum absolute atomic E-state index is 10.6. The van der Waals surface area contributed by atoms with Gasteiger partial charge in [0.25, 0.3) is 0 Å². The summed E-state index contributed by atoms with van der Waals surface area (Å²) in [5, 5.41) is 40.7. The molecule has 0 unspecified atom stereocenters. The standard InChI is InChI=1S/C10H17O3.3C10H20O2.Zr/c1-3-5-12-8-10(7-11)9-13-6-4-2;3*1-2-3-4-5-6-7-8-9-10(11)12;/h3-4,10H,1-2,5-9H2;3*2-9H2,1H3,(H,11,12);/q-1;;;;+4/p-3. The molecule has 0 aromatic heterocycles. The zero-order chi connectivity index (χ0) is 37.6. The van der Waals surface area contributed by atoms with Crippen LogP contribution in [0.4, 0.5) is 0 Å². The third-order valence-electron chi connectivity index (χ3n) is 7.37. The van der Waals surface area contributed by atoms with Gasteiger partial charge in [-0.1, -0.05) is 148 Å². The molecule has 9 nitrogen and oxygen atoms in total. The smallest absolute Gasteiger partial charge is 0.854 e. The molecule has 0 aromatic rings.